The predicted molar refractivity (Wildman–Crippen MR) is 136 cm³/mol. The molecule has 0 radical (unpaired) electrons. The molecule has 33 heavy (non-hydrogen) atoms. The van der Waals surface area contributed by atoms with Gasteiger partial charge in [0, 0.05) is 25.4 Å². The van der Waals surface area contributed by atoms with E-state index in [9.17, 15) is 14.7 Å². The number of phenolic OH excluding ortho intramolecular Hbond substituents is 1. The van der Waals surface area contributed by atoms with E-state index in [1.54, 1.807) is 36.4 Å². The first kappa shape index (κ1) is 21.5. The van der Waals surface area contributed by atoms with Crippen LogP contribution in [-0.4, -0.2) is 21.9 Å². The molecular weight excluding hydrogens is 553 g/mol. The van der Waals surface area contributed by atoms with Crippen LogP contribution >= 0.6 is 34.2 Å². The Morgan fingerprint density at radius 3 is 2.58 bits per heavy atom. The van der Waals surface area contributed by atoms with Crippen molar-refractivity contribution in [2.24, 2.45) is 0 Å². The number of hydrazine groups is 1. The van der Waals surface area contributed by atoms with Crippen molar-refractivity contribution in [1.29, 1.82) is 0 Å². The maximum absolute atomic E-state index is 13.6. The fourth-order valence-electron chi connectivity index (χ4n) is 3.94. The van der Waals surface area contributed by atoms with Crippen molar-refractivity contribution < 1.29 is 14.7 Å². The normalized spacial score (nSPS) is 15.2. The Labute approximate surface area is 208 Å². The number of nitrogens with zero attached hydrogens (tertiary/aromatic N) is 1. The largest absolute Gasteiger partial charge is 0.507 e. The first-order valence-corrected chi connectivity index (χ1v) is 11.5. The number of carbonyl (C=O) groups excluding carboxylic acids is 2. The number of amides is 2. The zero-order chi connectivity index (χ0) is 23.1. The van der Waals surface area contributed by atoms with Crippen LogP contribution in [-0.2, 0) is 0 Å². The number of nitrogens with one attached hydrogen (secondary N) is 2. The molecule has 0 bridgehead atoms. The highest BCUT2D eigenvalue weighted by molar-refractivity contribution is 14.1. The van der Waals surface area contributed by atoms with Crippen LogP contribution in [0.5, 0.6) is 5.75 Å². The number of carbonyl (C=O) groups is 2. The Kier molecular flexibility index (Phi) is 5.59. The minimum Gasteiger partial charge on any atom is -0.507 e. The van der Waals surface area contributed by atoms with Crippen molar-refractivity contribution >= 4 is 62.5 Å². The number of phenols is 1. The second-order valence-electron chi connectivity index (χ2n) is 7.58. The third kappa shape index (κ3) is 3.98. The van der Waals surface area contributed by atoms with Gasteiger partial charge < -0.3 is 10.4 Å². The fraction of sp³-hybridized carbons (Fsp3) is 0.0400. The van der Waals surface area contributed by atoms with Crippen molar-refractivity contribution in [3.8, 4) is 5.75 Å². The van der Waals surface area contributed by atoms with E-state index in [2.05, 4.69) is 33.3 Å². The van der Waals surface area contributed by atoms with E-state index in [0.29, 0.717) is 27.4 Å². The SMILES string of the molecule is O=C(NN1C(=O)c2cc(I)ccc2NC1c1c(O)ccc2ccccc12)c1ccc(Cl)cc1. The number of hydrogen-bond donors (Lipinski definition) is 3. The molecule has 3 N–H and O–H groups in total. The van der Waals surface area contributed by atoms with Gasteiger partial charge in [-0.2, -0.15) is 0 Å². The summed E-state index contributed by atoms with van der Waals surface area (Å²) < 4.78 is 0.886. The predicted octanol–water partition coefficient (Wildman–Crippen LogP) is 5.71. The molecule has 1 aliphatic rings. The van der Waals surface area contributed by atoms with E-state index in [1.807, 2.05) is 42.5 Å². The third-order valence-corrected chi connectivity index (χ3v) is 6.45. The Balaban J connectivity index is 1.64. The third-order valence-electron chi connectivity index (χ3n) is 5.53. The number of halogens is 2. The van der Waals surface area contributed by atoms with Crippen molar-refractivity contribution in [3.63, 3.8) is 0 Å². The van der Waals surface area contributed by atoms with Crippen LogP contribution in [0.15, 0.2) is 78.9 Å². The van der Waals surface area contributed by atoms with Crippen LogP contribution in [0.1, 0.15) is 32.4 Å². The molecule has 8 heteroatoms. The summed E-state index contributed by atoms with van der Waals surface area (Å²) in [6, 6.07) is 22.8. The van der Waals surface area contributed by atoms with Gasteiger partial charge in [0.05, 0.1) is 5.56 Å². The number of anilines is 1. The Morgan fingerprint density at radius 1 is 1.03 bits per heavy atom. The van der Waals surface area contributed by atoms with Gasteiger partial charge in [-0.15, -0.1) is 0 Å². The molecule has 6 nitrogen and oxygen atoms in total. The fourth-order valence-corrected chi connectivity index (χ4v) is 4.56. The number of hydrogen-bond acceptors (Lipinski definition) is 4. The van der Waals surface area contributed by atoms with Gasteiger partial charge in [-0.05, 0) is 81.9 Å². The molecule has 164 valence electrons. The van der Waals surface area contributed by atoms with Gasteiger partial charge in [-0.3, -0.25) is 15.0 Å². The number of rotatable bonds is 3. The molecule has 1 unspecified atom stereocenters. The molecular formula is C25H17ClIN3O3. The monoisotopic (exact) mass is 569 g/mol. The number of benzene rings is 4. The van der Waals surface area contributed by atoms with E-state index in [1.165, 1.54) is 5.01 Å². The molecule has 0 saturated heterocycles. The number of fused-ring (bicyclic) bond motifs is 2. The molecule has 0 spiro atoms. The van der Waals surface area contributed by atoms with E-state index >= 15 is 0 Å². The lowest BCUT2D eigenvalue weighted by atomic mass is 9.98. The van der Waals surface area contributed by atoms with Gasteiger partial charge >= 0.3 is 0 Å². The average molecular weight is 570 g/mol. The quantitative estimate of drug-likeness (QED) is 0.276. The molecule has 4 aromatic carbocycles. The minimum absolute atomic E-state index is 0.0127. The molecule has 0 fully saturated rings. The van der Waals surface area contributed by atoms with Gasteiger partial charge in [-0.1, -0.05) is 41.9 Å². The standard InChI is InChI=1S/C25H17ClIN3O3/c26-16-8-5-15(6-9-16)24(32)29-30-23(28-20-11-10-17(27)13-19(20)25(30)33)22-18-4-2-1-3-14(18)7-12-21(22)31/h1-13,23,28,31H,(H,29,32). The van der Waals surface area contributed by atoms with Gasteiger partial charge in [-0.25, -0.2) is 5.01 Å². The summed E-state index contributed by atoms with van der Waals surface area (Å²) in [5.41, 5.74) is 4.61. The molecule has 0 aliphatic carbocycles. The van der Waals surface area contributed by atoms with Crippen molar-refractivity contribution in [2.45, 2.75) is 6.17 Å². The van der Waals surface area contributed by atoms with E-state index in [-0.39, 0.29) is 11.7 Å². The van der Waals surface area contributed by atoms with Crippen LogP contribution in [0, 0.1) is 3.57 Å². The highest BCUT2D eigenvalue weighted by Gasteiger charge is 2.37. The first-order chi connectivity index (χ1) is 15.9. The topological polar surface area (TPSA) is 81.7 Å². The van der Waals surface area contributed by atoms with Gasteiger partial charge in [0.15, 0.2) is 6.17 Å². The lowest BCUT2D eigenvalue weighted by Crippen LogP contribution is -2.53. The van der Waals surface area contributed by atoms with E-state index < -0.39 is 12.1 Å². The summed E-state index contributed by atoms with van der Waals surface area (Å²) in [7, 11) is 0. The maximum atomic E-state index is 13.6. The van der Waals surface area contributed by atoms with Crippen LogP contribution in [0.3, 0.4) is 0 Å². The van der Waals surface area contributed by atoms with Crippen molar-refractivity contribution in [1.82, 2.24) is 10.4 Å². The van der Waals surface area contributed by atoms with E-state index in [4.69, 9.17) is 11.6 Å². The summed E-state index contributed by atoms with van der Waals surface area (Å²) >= 11 is 8.08. The Morgan fingerprint density at radius 2 is 1.79 bits per heavy atom. The lowest BCUT2D eigenvalue weighted by Gasteiger charge is -2.38. The average Bonchev–Trinajstić information content (AvgIpc) is 2.82. The maximum Gasteiger partial charge on any atom is 0.276 e. The van der Waals surface area contributed by atoms with Gasteiger partial charge in [0.1, 0.15) is 5.75 Å². The zero-order valence-corrected chi connectivity index (χ0v) is 20.0. The van der Waals surface area contributed by atoms with Crippen LogP contribution in [0.2, 0.25) is 5.02 Å². The molecule has 1 atom stereocenters. The Bertz CT molecular complexity index is 1410. The lowest BCUT2D eigenvalue weighted by molar-refractivity contribution is 0.0490. The summed E-state index contributed by atoms with van der Waals surface area (Å²) in [5, 5.41) is 17.6. The first-order valence-electron chi connectivity index (χ1n) is 10.1. The molecule has 0 saturated carbocycles. The molecule has 1 aliphatic heterocycles. The van der Waals surface area contributed by atoms with Crippen LogP contribution < -0.4 is 10.7 Å². The summed E-state index contributed by atoms with van der Waals surface area (Å²) in [6.45, 7) is 0. The highest BCUT2D eigenvalue weighted by atomic mass is 127. The van der Waals surface area contributed by atoms with Gasteiger partial charge in [0.25, 0.3) is 11.8 Å². The molecule has 5 rings (SSSR count). The summed E-state index contributed by atoms with van der Waals surface area (Å²) in [5.74, 6) is -0.846. The molecule has 2 amide bonds. The summed E-state index contributed by atoms with van der Waals surface area (Å²) in [4.78, 5) is 26.6. The van der Waals surface area contributed by atoms with E-state index in [0.717, 1.165) is 14.3 Å². The second-order valence-corrected chi connectivity index (χ2v) is 9.26. The zero-order valence-electron chi connectivity index (χ0n) is 17.0. The van der Waals surface area contributed by atoms with Crippen molar-refractivity contribution in [3.05, 3.63) is 104 Å². The van der Waals surface area contributed by atoms with Crippen LogP contribution in [0.4, 0.5) is 5.69 Å². The summed E-state index contributed by atoms with van der Waals surface area (Å²) in [6.07, 6.45) is -0.840. The van der Waals surface area contributed by atoms with Gasteiger partial charge in [0.2, 0.25) is 0 Å². The smallest absolute Gasteiger partial charge is 0.276 e. The second kappa shape index (κ2) is 8.57. The molecule has 1 heterocycles. The highest BCUT2D eigenvalue weighted by Crippen LogP contribution is 2.39. The molecule has 4 aromatic rings. The van der Waals surface area contributed by atoms with Crippen molar-refractivity contribution in [2.75, 3.05) is 5.32 Å². The van der Waals surface area contributed by atoms with Crippen LogP contribution in [0.25, 0.3) is 10.8 Å². The minimum atomic E-state index is -0.840. The molecule has 0 aromatic heterocycles. The number of aromatic hydroxyl groups is 1. The Hall–Kier alpha value is -3.30.